The quantitative estimate of drug-likeness (QED) is 0.874. The third kappa shape index (κ3) is 2.94. The lowest BCUT2D eigenvalue weighted by Crippen LogP contribution is -2.17. The number of nitrogens with one attached hydrogen (secondary N) is 1. The molecule has 0 aliphatic rings. The molecule has 2 heterocycles. The summed E-state index contributed by atoms with van der Waals surface area (Å²) in [6.07, 6.45) is 3.68. The fourth-order valence-corrected chi connectivity index (χ4v) is 2.73. The molecule has 2 aromatic rings. The highest BCUT2D eigenvalue weighted by Crippen LogP contribution is 2.17. The van der Waals surface area contributed by atoms with Crippen molar-refractivity contribution in [3.8, 4) is 0 Å². The molecule has 0 bridgehead atoms. The van der Waals surface area contributed by atoms with E-state index in [-0.39, 0.29) is 0 Å². The zero-order valence-electron chi connectivity index (χ0n) is 10.1. The second-order valence-corrected chi connectivity index (χ2v) is 4.86. The Morgan fingerprint density at radius 3 is 3.00 bits per heavy atom. The smallest absolute Gasteiger partial charge is 0.305 e. The summed E-state index contributed by atoms with van der Waals surface area (Å²) in [6.45, 7) is 0.613. The molecule has 0 fully saturated rings. The Morgan fingerprint density at radius 1 is 1.44 bits per heavy atom. The first-order valence-corrected chi connectivity index (χ1v) is 6.66. The van der Waals surface area contributed by atoms with E-state index in [4.69, 9.17) is 0 Å². The van der Waals surface area contributed by atoms with E-state index in [1.807, 2.05) is 0 Å². The number of nitrogens with zero attached hydrogens (tertiary/aromatic N) is 2. The Bertz CT molecular complexity index is 493. The molecule has 0 atom stereocenters. The van der Waals surface area contributed by atoms with Crippen molar-refractivity contribution in [3.05, 3.63) is 40.1 Å². The van der Waals surface area contributed by atoms with E-state index in [0.717, 1.165) is 11.0 Å². The molecule has 0 aliphatic heterocycles. The van der Waals surface area contributed by atoms with E-state index in [1.54, 1.807) is 11.3 Å². The van der Waals surface area contributed by atoms with Gasteiger partial charge in [0, 0.05) is 23.8 Å². The maximum Gasteiger partial charge on any atom is 0.319 e. The fraction of sp³-hybridized carbons (Fsp3) is 0.417. The second kappa shape index (κ2) is 6.06. The van der Waals surface area contributed by atoms with E-state index in [0.29, 0.717) is 18.9 Å². The number of imidazole rings is 1. The molecular weight excluding hydrogens is 256 g/mol. The van der Waals surface area contributed by atoms with Crippen molar-refractivity contribution in [2.45, 2.75) is 33.0 Å². The van der Waals surface area contributed by atoms with Crippen LogP contribution in [-0.4, -0.2) is 9.55 Å². The van der Waals surface area contributed by atoms with Crippen LogP contribution in [0, 0.1) is 0 Å². The van der Waals surface area contributed by atoms with Gasteiger partial charge in [0.15, 0.2) is 0 Å². The minimum atomic E-state index is -2.53. The fourth-order valence-electron chi connectivity index (χ4n) is 1.78. The van der Waals surface area contributed by atoms with Gasteiger partial charge in [-0.1, -0.05) is 6.92 Å². The van der Waals surface area contributed by atoms with Crippen LogP contribution in [0.25, 0.3) is 0 Å². The molecule has 18 heavy (non-hydrogen) atoms. The van der Waals surface area contributed by atoms with Gasteiger partial charge in [0.05, 0.1) is 6.54 Å². The lowest BCUT2D eigenvalue weighted by molar-refractivity contribution is 0.0666. The maximum absolute atomic E-state index is 12.6. The second-order valence-electron chi connectivity index (χ2n) is 3.85. The van der Waals surface area contributed by atoms with Gasteiger partial charge < -0.3 is 5.32 Å². The van der Waals surface area contributed by atoms with E-state index < -0.39 is 6.55 Å². The van der Waals surface area contributed by atoms with Crippen molar-refractivity contribution in [1.82, 2.24) is 14.9 Å². The Kier molecular flexibility index (Phi) is 4.43. The van der Waals surface area contributed by atoms with Crippen molar-refractivity contribution >= 4 is 11.3 Å². The summed E-state index contributed by atoms with van der Waals surface area (Å²) >= 11 is 1.68. The van der Waals surface area contributed by atoms with Gasteiger partial charge in [-0.2, -0.15) is 8.78 Å². The zero-order chi connectivity index (χ0) is 13.0. The molecule has 0 spiro atoms. The predicted molar refractivity (Wildman–Crippen MR) is 67.7 cm³/mol. The van der Waals surface area contributed by atoms with E-state index in [1.165, 1.54) is 22.8 Å². The van der Waals surface area contributed by atoms with E-state index in [2.05, 4.69) is 28.7 Å². The molecule has 0 saturated heterocycles. The largest absolute Gasteiger partial charge is 0.319 e. The number of hydrogen-bond acceptors (Lipinski definition) is 3. The third-order valence-corrected chi connectivity index (χ3v) is 3.71. The van der Waals surface area contributed by atoms with Gasteiger partial charge >= 0.3 is 6.55 Å². The van der Waals surface area contributed by atoms with Gasteiger partial charge in [0.25, 0.3) is 0 Å². The van der Waals surface area contributed by atoms with Crippen molar-refractivity contribution in [3.63, 3.8) is 0 Å². The number of thiophene rings is 1. The van der Waals surface area contributed by atoms with Crippen molar-refractivity contribution < 1.29 is 8.78 Å². The summed E-state index contributed by atoms with van der Waals surface area (Å²) in [5.74, 6) is 0.361. The van der Waals surface area contributed by atoms with Crippen LogP contribution in [0.5, 0.6) is 0 Å². The molecule has 0 saturated carbocycles. The molecule has 0 radical (unpaired) electrons. The summed E-state index contributed by atoms with van der Waals surface area (Å²) in [7, 11) is 0. The van der Waals surface area contributed by atoms with Crippen LogP contribution in [0.4, 0.5) is 8.78 Å². The molecule has 6 heteroatoms. The van der Waals surface area contributed by atoms with Crippen molar-refractivity contribution in [1.29, 1.82) is 0 Å². The van der Waals surface area contributed by atoms with Crippen LogP contribution in [0.3, 0.4) is 0 Å². The first-order chi connectivity index (χ1) is 8.72. The third-order valence-electron chi connectivity index (χ3n) is 2.75. The Hall–Kier alpha value is -1.27. The van der Waals surface area contributed by atoms with Crippen molar-refractivity contribution in [2.75, 3.05) is 0 Å². The zero-order valence-corrected chi connectivity index (χ0v) is 10.9. The highest BCUT2D eigenvalue weighted by Gasteiger charge is 2.11. The molecule has 0 aromatic carbocycles. The highest BCUT2D eigenvalue weighted by atomic mass is 32.1. The Morgan fingerprint density at radius 2 is 2.28 bits per heavy atom. The van der Waals surface area contributed by atoms with Gasteiger partial charge in [-0.3, -0.25) is 4.57 Å². The summed E-state index contributed by atoms with van der Waals surface area (Å²) < 4.78 is 26.0. The average Bonchev–Trinajstić information content (AvgIpc) is 2.97. The molecule has 2 aromatic heterocycles. The van der Waals surface area contributed by atoms with Gasteiger partial charge in [-0.05, 0) is 23.4 Å². The SMILES string of the molecule is CCc1ccsc1CNCc1nccn1C(F)F. The first-order valence-electron chi connectivity index (χ1n) is 5.78. The highest BCUT2D eigenvalue weighted by molar-refractivity contribution is 7.10. The summed E-state index contributed by atoms with van der Waals surface area (Å²) in [5, 5.41) is 5.21. The molecule has 3 nitrogen and oxygen atoms in total. The standard InChI is InChI=1S/C12H15F2N3S/c1-2-9-3-6-18-10(9)7-15-8-11-16-4-5-17(11)12(13)14/h3-6,12,15H,2,7-8H2,1H3. The first kappa shape index (κ1) is 13.2. The number of halogens is 2. The summed E-state index contributed by atoms with van der Waals surface area (Å²) in [4.78, 5) is 5.18. The maximum atomic E-state index is 12.6. The van der Waals surface area contributed by atoms with E-state index in [9.17, 15) is 8.78 Å². The number of rotatable bonds is 6. The number of aryl methyl sites for hydroxylation is 1. The van der Waals surface area contributed by atoms with Crippen LogP contribution in [0.2, 0.25) is 0 Å². The van der Waals surface area contributed by atoms with Crippen LogP contribution in [-0.2, 0) is 19.5 Å². The van der Waals surface area contributed by atoms with E-state index >= 15 is 0 Å². The summed E-state index contributed by atoms with van der Waals surface area (Å²) in [6, 6.07) is 2.10. The molecule has 2 rings (SSSR count). The molecule has 98 valence electrons. The van der Waals surface area contributed by atoms with Gasteiger partial charge in [-0.15, -0.1) is 11.3 Å². The van der Waals surface area contributed by atoms with Crippen molar-refractivity contribution in [2.24, 2.45) is 0 Å². The number of hydrogen-bond donors (Lipinski definition) is 1. The lowest BCUT2D eigenvalue weighted by atomic mass is 10.2. The molecule has 0 unspecified atom stereocenters. The monoisotopic (exact) mass is 271 g/mol. The molecule has 0 amide bonds. The van der Waals surface area contributed by atoms with Crippen LogP contribution in [0.1, 0.15) is 29.7 Å². The van der Waals surface area contributed by atoms with Gasteiger partial charge in [-0.25, -0.2) is 4.98 Å². The average molecular weight is 271 g/mol. The lowest BCUT2D eigenvalue weighted by Gasteiger charge is -2.07. The molecular formula is C12H15F2N3S. The minimum Gasteiger partial charge on any atom is -0.305 e. The normalized spacial score (nSPS) is 11.3. The molecule has 0 aliphatic carbocycles. The topological polar surface area (TPSA) is 29.9 Å². The number of aromatic nitrogens is 2. The van der Waals surface area contributed by atoms with Crippen LogP contribution in [0.15, 0.2) is 23.8 Å². The summed E-state index contributed by atoms with van der Waals surface area (Å²) in [5.41, 5.74) is 1.31. The van der Waals surface area contributed by atoms with Crippen LogP contribution >= 0.6 is 11.3 Å². The number of alkyl halides is 2. The molecule has 1 N–H and O–H groups in total. The minimum absolute atomic E-state index is 0.346. The van der Waals surface area contributed by atoms with Crippen LogP contribution < -0.4 is 5.32 Å². The van der Waals surface area contributed by atoms with Gasteiger partial charge in [0.1, 0.15) is 5.82 Å². The predicted octanol–water partition coefficient (Wildman–Crippen LogP) is 3.19. The van der Waals surface area contributed by atoms with Gasteiger partial charge in [0.2, 0.25) is 0 Å². The Labute approximate surface area is 108 Å². The Balaban J connectivity index is 1.90.